The summed E-state index contributed by atoms with van der Waals surface area (Å²) < 4.78 is 12.4. The van der Waals surface area contributed by atoms with E-state index in [1.54, 1.807) is 0 Å². The number of hydrogen-bond acceptors (Lipinski definition) is 3. The third-order valence-electron chi connectivity index (χ3n) is 1.23. The molecule has 0 fully saturated rings. The van der Waals surface area contributed by atoms with E-state index in [2.05, 4.69) is 4.98 Å². The fraction of sp³-hybridized carbons (Fsp3) is 0.143. The standard InChI is InChI=1S/C7H7FN2O/c1-4(11)7-5(9)2-3-6(8)10-7/h2-3H,9H2,1H3. The van der Waals surface area contributed by atoms with Gasteiger partial charge in [-0.2, -0.15) is 4.39 Å². The van der Waals surface area contributed by atoms with Gasteiger partial charge in [0.1, 0.15) is 5.69 Å². The monoisotopic (exact) mass is 154 g/mol. The van der Waals surface area contributed by atoms with Crippen LogP contribution in [0.1, 0.15) is 17.4 Å². The Bertz CT molecular complexity index is 298. The zero-order valence-corrected chi connectivity index (χ0v) is 5.97. The Morgan fingerprint density at radius 1 is 1.64 bits per heavy atom. The molecule has 0 unspecified atom stereocenters. The van der Waals surface area contributed by atoms with Crippen LogP contribution in [0, 0.1) is 5.95 Å². The van der Waals surface area contributed by atoms with Crippen molar-refractivity contribution in [2.24, 2.45) is 0 Å². The molecule has 0 radical (unpaired) electrons. The molecule has 0 atom stereocenters. The molecular weight excluding hydrogens is 147 g/mol. The largest absolute Gasteiger partial charge is 0.397 e. The van der Waals surface area contributed by atoms with Gasteiger partial charge in [-0.05, 0) is 12.1 Å². The molecule has 1 heterocycles. The fourth-order valence-electron chi connectivity index (χ4n) is 0.728. The first kappa shape index (κ1) is 7.65. The lowest BCUT2D eigenvalue weighted by atomic mass is 10.2. The topological polar surface area (TPSA) is 56.0 Å². The number of pyridine rings is 1. The van der Waals surface area contributed by atoms with Crippen LogP contribution < -0.4 is 5.73 Å². The van der Waals surface area contributed by atoms with Crippen LogP contribution >= 0.6 is 0 Å². The zero-order valence-electron chi connectivity index (χ0n) is 5.97. The summed E-state index contributed by atoms with van der Waals surface area (Å²) in [5.74, 6) is -1.02. The summed E-state index contributed by atoms with van der Waals surface area (Å²) in [4.78, 5) is 14.0. The molecule has 3 nitrogen and oxygen atoms in total. The normalized spacial score (nSPS) is 9.64. The number of nitrogen functional groups attached to an aromatic ring is 1. The first-order valence-electron chi connectivity index (χ1n) is 3.04. The number of halogens is 1. The molecule has 1 aromatic heterocycles. The minimum absolute atomic E-state index is 0.00926. The van der Waals surface area contributed by atoms with Gasteiger partial charge >= 0.3 is 0 Å². The van der Waals surface area contributed by atoms with Crippen LogP contribution in [-0.2, 0) is 0 Å². The Morgan fingerprint density at radius 2 is 2.27 bits per heavy atom. The van der Waals surface area contributed by atoms with E-state index in [4.69, 9.17) is 5.73 Å². The molecule has 0 aliphatic carbocycles. The number of hydrogen-bond donors (Lipinski definition) is 1. The third kappa shape index (κ3) is 1.52. The highest BCUT2D eigenvalue weighted by Crippen LogP contribution is 2.08. The number of carbonyl (C=O) groups excluding carboxylic acids is 1. The maximum Gasteiger partial charge on any atom is 0.213 e. The van der Waals surface area contributed by atoms with Crippen molar-refractivity contribution >= 4 is 11.5 Å². The lowest BCUT2D eigenvalue weighted by Gasteiger charge is -1.98. The van der Waals surface area contributed by atoms with Crippen LogP contribution in [0.3, 0.4) is 0 Å². The maximum absolute atomic E-state index is 12.4. The predicted octanol–water partition coefficient (Wildman–Crippen LogP) is 1.01. The minimum atomic E-state index is -0.690. The molecule has 4 heteroatoms. The van der Waals surface area contributed by atoms with E-state index >= 15 is 0 Å². The summed E-state index contributed by atoms with van der Waals surface area (Å²) in [5.41, 5.74) is 5.54. The fourth-order valence-corrected chi connectivity index (χ4v) is 0.728. The molecule has 0 amide bonds. The first-order valence-corrected chi connectivity index (χ1v) is 3.04. The summed E-state index contributed by atoms with van der Waals surface area (Å²) in [5, 5.41) is 0. The lowest BCUT2D eigenvalue weighted by Crippen LogP contribution is -2.03. The molecule has 0 saturated heterocycles. The van der Waals surface area contributed by atoms with Gasteiger partial charge in [0.2, 0.25) is 5.95 Å². The average Bonchev–Trinajstić information content (AvgIpc) is 1.94. The van der Waals surface area contributed by atoms with Crippen LogP contribution in [0.25, 0.3) is 0 Å². The van der Waals surface area contributed by atoms with E-state index < -0.39 is 5.95 Å². The average molecular weight is 154 g/mol. The Kier molecular flexibility index (Phi) is 1.85. The van der Waals surface area contributed by atoms with Crippen LogP contribution in [0.15, 0.2) is 12.1 Å². The summed E-state index contributed by atoms with van der Waals surface area (Å²) >= 11 is 0. The van der Waals surface area contributed by atoms with Crippen molar-refractivity contribution in [1.29, 1.82) is 0 Å². The second-order valence-electron chi connectivity index (χ2n) is 2.13. The molecule has 0 aromatic carbocycles. The van der Waals surface area contributed by atoms with E-state index in [1.807, 2.05) is 0 Å². The van der Waals surface area contributed by atoms with E-state index in [0.717, 1.165) is 6.07 Å². The maximum atomic E-state index is 12.4. The van der Waals surface area contributed by atoms with Gasteiger partial charge < -0.3 is 5.73 Å². The Hall–Kier alpha value is -1.45. The van der Waals surface area contributed by atoms with E-state index in [-0.39, 0.29) is 17.2 Å². The predicted molar refractivity (Wildman–Crippen MR) is 38.6 cm³/mol. The second-order valence-corrected chi connectivity index (χ2v) is 2.13. The number of rotatable bonds is 1. The van der Waals surface area contributed by atoms with Crippen molar-refractivity contribution < 1.29 is 9.18 Å². The smallest absolute Gasteiger partial charge is 0.213 e. The van der Waals surface area contributed by atoms with Gasteiger partial charge in [0, 0.05) is 6.92 Å². The van der Waals surface area contributed by atoms with Crippen LogP contribution in [-0.4, -0.2) is 10.8 Å². The number of ketones is 1. The molecule has 0 spiro atoms. The number of aromatic nitrogens is 1. The molecule has 0 aliphatic rings. The number of carbonyl (C=O) groups is 1. The number of nitrogens with zero attached hydrogens (tertiary/aromatic N) is 1. The van der Waals surface area contributed by atoms with Crippen LogP contribution in [0.2, 0.25) is 0 Å². The van der Waals surface area contributed by atoms with Crippen molar-refractivity contribution in [3.63, 3.8) is 0 Å². The highest BCUT2D eigenvalue weighted by Gasteiger charge is 2.06. The SMILES string of the molecule is CC(=O)c1nc(F)ccc1N. The quantitative estimate of drug-likeness (QED) is 0.485. The van der Waals surface area contributed by atoms with Crippen molar-refractivity contribution in [2.75, 3.05) is 5.73 Å². The Labute approximate surface area is 63.0 Å². The van der Waals surface area contributed by atoms with Gasteiger partial charge in [0.15, 0.2) is 5.78 Å². The lowest BCUT2D eigenvalue weighted by molar-refractivity contribution is 0.101. The van der Waals surface area contributed by atoms with Gasteiger partial charge in [-0.1, -0.05) is 0 Å². The van der Waals surface area contributed by atoms with Crippen molar-refractivity contribution in [1.82, 2.24) is 4.98 Å². The highest BCUT2D eigenvalue weighted by atomic mass is 19.1. The summed E-state index contributed by atoms with van der Waals surface area (Å²) in [7, 11) is 0. The van der Waals surface area contributed by atoms with Crippen LogP contribution in [0.5, 0.6) is 0 Å². The minimum Gasteiger partial charge on any atom is -0.397 e. The Balaban J connectivity index is 3.23. The number of Topliss-reactive ketones (excluding diaryl/α,β-unsaturated/α-hetero) is 1. The molecule has 0 bridgehead atoms. The molecule has 1 rings (SSSR count). The zero-order chi connectivity index (χ0) is 8.43. The van der Waals surface area contributed by atoms with E-state index in [1.165, 1.54) is 13.0 Å². The Morgan fingerprint density at radius 3 is 2.73 bits per heavy atom. The molecule has 0 aliphatic heterocycles. The molecule has 0 saturated carbocycles. The summed E-state index contributed by atoms with van der Waals surface area (Å²) in [6, 6.07) is 2.43. The first-order chi connectivity index (χ1) is 5.11. The van der Waals surface area contributed by atoms with E-state index in [9.17, 15) is 9.18 Å². The van der Waals surface area contributed by atoms with Gasteiger partial charge in [-0.3, -0.25) is 4.79 Å². The van der Waals surface area contributed by atoms with Gasteiger partial charge in [-0.15, -0.1) is 0 Å². The van der Waals surface area contributed by atoms with Gasteiger partial charge in [0.25, 0.3) is 0 Å². The van der Waals surface area contributed by atoms with Crippen molar-refractivity contribution in [3.8, 4) is 0 Å². The molecular formula is C7H7FN2O. The number of nitrogens with two attached hydrogens (primary N) is 1. The van der Waals surface area contributed by atoms with Crippen molar-refractivity contribution in [3.05, 3.63) is 23.8 Å². The molecule has 2 N–H and O–H groups in total. The number of anilines is 1. The van der Waals surface area contributed by atoms with E-state index in [0.29, 0.717) is 0 Å². The van der Waals surface area contributed by atoms with Crippen molar-refractivity contribution in [2.45, 2.75) is 6.92 Å². The molecule has 58 valence electrons. The summed E-state index contributed by atoms with van der Waals surface area (Å²) in [6.07, 6.45) is 0. The molecule has 11 heavy (non-hydrogen) atoms. The van der Waals surface area contributed by atoms with Gasteiger partial charge in [-0.25, -0.2) is 4.98 Å². The second kappa shape index (κ2) is 2.65. The van der Waals surface area contributed by atoms with Gasteiger partial charge in [0.05, 0.1) is 5.69 Å². The molecule has 1 aromatic rings. The van der Waals surface area contributed by atoms with Crippen LogP contribution in [0.4, 0.5) is 10.1 Å². The third-order valence-corrected chi connectivity index (χ3v) is 1.23. The highest BCUT2D eigenvalue weighted by molar-refractivity contribution is 5.96. The summed E-state index contributed by atoms with van der Waals surface area (Å²) in [6.45, 7) is 1.29.